The van der Waals surface area contributed by atoms with Gasteiger partial charge in [0.05, 0.1) is 6.61 Å². The van der Waals surface area contributed by atoms with Crippen molar-refractivity contribution in [3.63, 3.8) is 0 Å². The van der Waals surface area contributed by atoms with E-state index in [1.165, 1.54) is 6.42 Å². The van der Waals surface area contributed by atoms with Crippen LogP contribution in [0.3, 0.4) is 0 Å². The predicted octanol–water partition coefficient (Wildman–Crippen LogP) is 1.55. The number of carbonyl (C=O) groups is 2. The summed E-state index contributed by atoms with van der Waals surface area (Å²) in [6, 6.07) is 4.96. The first-order valence-corrected chi connectivity index (χ1v) is 8.94. The van der Waals surface area contributed by atoms with Crippen molar-refractivity contribution in [3.8, 4) is 11.5 Å². The Morgan fingerprint density at radius 3 is 2.73 bits per heavy atom. The zero-order chi connectivity index (χ0) is 18.0. The second-order valence-corrected chi connectivity index (χ2v) is 6.75. The summed E-state index contributed by atoms with van der Waals surface area (Å²) in [5.74, 6) is -0.784. The van der Waals surface area contributed by atoms with Gasteiger partial charge in [-0.1, -0.05) is 6.42 Å². The summed E-state index contributed by atoms with van der Waals surface area (Å²) in [7, 11) is 0. The minimum Gasteiger partial charge on any atom is -0.454 e. The number of fused-ring (bicyclic) bond motifs is 1. The molecule has 1 spiro atoms. The van der Waals surface area contributed by atoms with Gasteiger partial charge in [-0.2, -0.15) is 0 Å². The van der Waals surface area contributed by atoms with Crippen LogP contribution in [-0.4, -0.2) is 43.7 Å². The van der Waals surface area contributed by atoms with Crippen molar-refractivity contribution in [1.29, 1.82) is 0 Å². The van der Waals surface area contributed by atoms with E-state index in [1.807, 2.05) is 0 Å². The number of carbonyl (C=O) groups excluding carboxylic acids is 2. The Bertz CT molecular complexity index is 701. The first-order chi connectivity index (χ1) is 12.6. The van der Waals surface area contributed by atoms with Gasteiger partial charge in [0.15, 0.2) is 17.3 Å². The Hall–Kier alpha value is -2.32. The van der Waals surface area contributed by atoms with Gasteiger partial charge in [-0.05, 0) is 25.0 Å². The molecule has 4 rings (SSSR count). The van der Waals surface area contributed by atoms with Crippen LogP contribution in [-0.2, 0) is 19.1 Å². The molecule has 26 heavy (non-hydrogen) atoms. The van der Waals surface area contributed by atoms with Gasteiger partial charge in [0.2, 0.25) is 6.79 Å². The number of ether oxygens (including phenoxy) is 4. The maximum Gasteiger partial charge on any atom is 0.313 e. The second-order valence-electron chi connectivity index (χ2n) is 6.75. The number of benzene rings is 1. The van der Waals surface area contributed by atoms with E-state index in [-0.39, 0.29) is 19.4 Å². The van der Waals surface area contributed by atoms with E-state index in [0.29, 0.717) is 23.8 Å². The molecular formula is C18H22N2O6. The molecule has 0 radical (unpaired) electrons. The third kappa shape index (κ3) is 3.61. The molecule has 1 aromatic carbocycles. The third-order valence-electron chi connectivity index (χ3n) is 4.86. The van der Waals surface area contributed by atoms with Gasteiger partial charge in [0.1, 0.15) is 6.10 Å². The molecule has 2 fully saturated rings. The van der Waals surface area contributed by atoms with Crippen LogP contribution < -0.4 is 20.1 Å². The normalized spacial score (nSPS) is 23.0. The van der Waals surface area contributed by atoms with Crippen molar-refractivity contribution in [1.82, 2.24) is 5.32 Å². The minimum absolute atomic E-state index is 0.151. The van der Waals surface area contributed by atoms with Crippen LogP contribution in [0.15, 0.2) is 18.2 Å². The van der Waals surface area contributed by atoms with Gasteiger partial charge in [-0.15, -0.1) is 0 Å². The van der Waals surface area contributed by atoms with E-state index in [2.05, 4.69) is 10.6 Å². The quantitative estimate of drug-likeness (QED) is 0.792. The maximum absolute atomic E-state index is 12.0. The summed E-state index contributed by atoms with van der Waals surface area (Å²) in [5, 5.41) is 5.15. The van der Waals surface area contributed by atoms with E-state index in [4.69, 9.17) is 18.9 Å². The van der Waals surface area contributed by atoms with E-state index in [9.17, 15) is 9.59 Å². The molecular weight excluding hydrogens is 340 g/mol. The largest absolute Gasteiger partial charge is 0.454 e. The Morgan fingerprint density at radius 2 is 1.88 bits per heavy atom. The monoisotopic (exact) mass is 362 g/mol. The molecule has 2 aliphatic heterocycles. The van der Waals surface area contributed by atoms with Crippen LogP contribution in [0.25, 0.3) is 0 Å². The lowest BCUT2D eigenvalue weighted by atomic mass is 9.94. The molecule has 2 N–H and O–H groups in total. The highest BCUT2D eigenvalue weighted by atomic mass is 16.7. The van der Waals surface area contributed by atoms with Gasteiger partial charge in [-0.25, -0.2) is 0 Å². The van der Waals surface area contributed by atoms with Gasteiger partial charge in [-0.3, -0.25) is 9.59 Å². The molecule has 1 atom stereocenters. The van der Waals surface area contributed by atoms with Crippen molar-refractivity contribution in [2.45, 2.75) is 44.0 Å². The smallest absolute Gasteiger partial charge is 0.313 e. The summed E-state index contributed by atoms with van der Waals surface area (Å²) >= 11 is 0. The van der Waals surface area contributed by atoms with Gasteiger partial charge >= 0.3 is 11.8 Å². The molecule has 1 saturated heterocycles. The van der Waals surface area contributed by atoms with Crippen molar-refractivity contribution in [3.05, 3.63) is 18.2 Å². The van der Waals surface area contributed by atoms with E-state index < -0.39 is 17.6 Å². The molecule has 1 saturated carbocycles. The van der Waals surface area contributed by atoms with Gasteiger partial charge < -0.3 is 29.6 Å². The second kappa shape index (κ2) is 7.13. The van der Waals surface area contributed by atoms with Crippen molar-refractivity contribution in [2.24, 2.45) is 0 Å². The summed E-state index contributed by atoms with van der Waals surface area (Å²) in [6.07, 6.45) is 4.95. The highest BCUT2D eigenvalue weighted by Crippen LogP contribution is 2.37. The Morgan fingerprint density at radius 1 is 1.08 bits per heavy atom. The summed E-state index contributed by atoms with van der Waals surface area (Å²) in [4.78, 5) is 24.1. The van der Waals surface area contributed by atoms with E-state index in [0.717, 1.165) is 25.7 Å². The van der Waals surface area contributed by atoms with Crippen LogP contribution in [0.4, 0.5) is 5.69 Å². The van der Waals surface area contributed by atoms with Crippen LogP contribution in [0.2, 0.25) is 0 Å². The molecule has 1 aliphatic carbocycles. The number of amides is 2. The summed E-state index contributed by atoms with van der Waals surface area (Å²) < 4.78 is 22.3. The zero-order valence-electron chi connectivity index (χ0n) is 14.4. The fourth-order valence-corrected chi connectivity index (χ4v) is 3.52. The lowest BCUT2D eigenvalue weighted by molar-refractivity contribution is -0.186. The lowest BCUT2D eigenvalue weighted by Crippen LogP contribution is -2.41. The molecule has 2 amide bonds. The number of nitrogens with one attached hydrogen (secondary N) is 2. The van der Waals surface area contributed by atoms with Crippen LogP contribution in [0.1, 0.15) is 32.1 Å². The van der Waals surface area contributed by atoms with Crippen molar-refractivity contribution in [2.75, 3.05) is 25.3 Å². The maximum atomic E-state index is 12.0. The molecule has 3 aliphatic rings. The summed E-state index contributed by atoms with van der Waals surface area (Å²) in [5.41, 5.74) is 0.469. The molecule has 1 aromatic rings. The SMILES string of the molecule is O=C(NC[C@@H]1COC2(CCCCC2)O1)C(=O)Nc1ccc2c(c1)OCO2. The molecule has 0 unspecified atom stereocenters. The fraction of sp³-hybridized carbons (Fsp3) is 0.556. The highest BCUT2D eigenvalue weighted by molar-refractivity contribution is 6.39. The Labute approximate surface area is 151 Å². The molecule has 0 aromatic heterocycles. The van der Waals surface area contributed by atoms with Crippen molar-refractivity contribution < 1.29 is 28.5 Å². The Kier molecular flexibility index (Phi) is 4.69. The molecule has 8 nitrogen and oxygen atoms in total. The molecule has 2 heterocycles. The summed E-state index contributed by atoms with van der Waals surface area (Å²) in [6.45, 7) is 0.831. The average Bonchev–Trinajstić information content (AvgIpc) is 3.27. The first kappa shape index (κ1) is 17.1. The predicted molar refractivity (Wildman–Crippen MR) is 90.8 cm³/mol. The molecule has 140 valence electrons. The van der Waals surface area contributed by atoms with E-state index >= 15 is 0 Å². The van der Waals surface area contributed by atoms with Crippen LogP contribution >= 0.6 is 0 Å². The topological polar surface area (TPSA) is 95.1 Å². The standard InChI is InChI=1S/C18H22N2O6/c21-16(17(22)20-12-4-5-14-15(8-12)24-11-23-14)19-9-13-10-25-18(26-13)6-2-1-3-7-18/h4-5,8,13H,1-3,6-7,9-11H2,(H,19,21)(H,20,22)/t13-/m1/s1. The number of anilines is 1. The zero-order valence-corrected chi connectivity index (χ0v) is 14.4. The van der Waals surface area contributed by atoms with Crippen LogP contribution in [0.5, 0.6) is 11.5 Å². The number of hydrogen-bond acceptors (Lipinski definition) is 6. The first-order valence-electron chi connectivity index (χ1n) is 8.94. The average molecular weight is 362 g/mol. The van der Waals surface area contributed by atoms with Gasteiger partial charge in [0.25, 0.3) is 0 Å². The number of rotatable bonds is 3. The van der Waals surface area contributed by atoms with Crippen LogP contribution in [0, 0.1) is 0 Å². The fourth-order valence-electron chi connectivity index (χ4n) is 3.52. The minimum atomic E-state index is -0.741. The molecule has 8 heteroatoms. The number of hydrogen-bond donors (Lipinski definition) is 2. The lowest BCUT2D eigenvalue weighted by Gasteiger charge is -2.31. The van der Waals surface area contributed by atoms with E-state index in [1.54, 1.807) is 18.2 Å². The highest BCUT2D eigenvalue weighted by Gasteiger charge is 2.42. The van der Waals surface area contributed by atoms with Gasteiger partial charge in [0, 0.05) is 31.1 Å². The Balaban J connectivity index is 1.25. The molecule has 0 bridgehead atoms. The third-order valence-corrected chi connectivity index (χ3v) is 4.86. The van der Waals surface area contributed by atoms with Crippen molar-refractivity contribution >= 4 is 17.5 Å².